The molecule has 0 atom stereocenters. The van der Waals surface area contributed by atoms with Crippen LogP contribution in [0.1, 0.15) is 36.9 Å². The van der Waals surface area contributed by atoms with E-state index < -0.39 is 0 Å². The summed E-state index contributed by atoms with van der Waals surface area (Å²) in [6, 6.07) is 10.7. The van der Waals surface area contributed by atoms with Gasteiger partial charge in [0.2, 0.25) is 0 Å². The quantitative estimate of drug-likeness (QED) is 0.720. The van der Waals surface area contributed by atoms with Crippen molar-refractivity contribution in [3.63, 3.8) is 0 Å². The molecule has 2 aromatic rings. The fourth-order valence-electron chi connectivity index (χ4n) is 2.50. The van der Waals surface area contributed by atoms with Gasteiger partial charge in [0, 0.05) is 19.3 Å². The van der Waals surface area contributed by atoms with E-state index in [1.807, 2.05) is 4.68 Å². The predicted octanol–water partition coefficient (Wildman–Crippen LogP) is 2.80. The Balaban J connectivity index is 1.32. The fourth-order valence-corrected chi connectivity index (χ4v) is 2.50. The van der Waals surface area contributed by atoms with E-state index in [4.69, 9.17) is 0 Å². The minimum Gasteiger partial charge on any atom is -0.311 e. The molecule has 0 bridgehead atoms. The van der Waals surface area contributed by atoms with Gasteiger partial charge < -0.3 is 5.32 Å². The Kier molecular flexibility index (Phi) is 5.00. The molecule has 1 heterocycles. The number of hydrogen-bond acceptors (Lipinski definition) is 3. The minimum atomic E-state index is 0.848. The fraction of sp³-hybridized carbons (Fsp3) is 0.529. The van der Waals surface area contributed by atoms with Crippen molar-refractivity contribution in [1.82, 2.24) is 20.3 Å². The van der Waals surface area contributed by atoms with Crippen LogP contribution < -0.4 is 5.32 Å². The lowest BCUT2D eigenvalue weighted by molar-refractivity contribution is 0.541. The third-order valence-electron chi connectivity index (χ3n) is 3.97. The molecule has 1 saturated carbocycles. The molecule has 0 saturated heterocycles. The van der Waals surface area contributed by atoms with Gasteiger partial charge in [-0.05, 0) is 50.1 Å². The number of aromatic nitrogens is 3. The molecule has 0 unspecified atom stereocenters. The average Bonchev–Trinajstić information content (AvgIpc) is 3.23. The number of benzene rings is 1. The maximum atomic E-state index is 4.22. The Morgan fingerprint density at radius 3 is 2.81 bits per heavy atom. The summed E-state index contributed by atoms with van der Waals surface area (Å²) in [5, 5.41) is 11.9. The van der Waals surface area contributed by atoms with Crippen LogP contribution in [0.5, 0.6) is 0 Å². The van der Waals surface area contributed by atoms with E-state index >= 15 is 0 Å². The Labute approximate surface area is 126 Å². The molecule has 21 heavy (non-hydrogen) atoms. The monoisotopic (exact) mass is 284 g/mol. The highest BCUT2D eigenvalue weighted by atomic mass is 15.4. The van der Waals surface area contributed by atoms with Crippen LogP contribution in [0, 0.1) is 5.92 Å². The van der Waals surface area contributed by atoms with Crippen LogP contribution in [0.25, 0.3) is 0 Å². The van der Waals surface area contributed by atoms with E-state index in [1.54, 1.807) is 0 Å². The number of unbranched alkanes of at least 4 members (excludes halogenated alkanes) is 1. The highest BCUT2D eigenvalue weighted by Crippen LogP contribution is 2.27. The molecular weight excluding hydrogens is 260 g/mol. The molecule has 3 rings (SSSR count). The zero-order valence-electron chi connectivity index (χ0n) is 12.5. The molecule has 0 radical (unpaired) electrons. The molecule has 1 aromatic carbocycles. The van der Waals surface area contributed by atoms with Crippen molar-refractivity contribution < 1.29 is 0 Å². The molecule has 1 N–H and O–H groups in total. The molecule has 4 nitrogen and oxygen atoms in total. The first-order valence-electron chi connectivity index (χ1n) is 8.04. The standard InChI is InChI=1S/C17H24N4/c1-2-6-15(7-3-1)8-4-5-11-21-14-17(19-20-21)13-18-12-16-9-10-16/h1-3,6-7,14,16,18H,4-5,8-13H2. The van der Waals surface area contributed by atoms with Crippen LogP contribution in [0.15, 0.2) is 36.5 Å². The SMILES string of the molecule is c1ccc(CCCCn2cc(CNCC3CC3)nn2)cc1. The van der Waals surface area contributed by atoms with E-state index in [1.165, 1.54) is 24.8 Å². The third-order valence-corrected chi connectivity index (χ3v) is 3.97. The summed E-state index contributed by atoms with van der Waals surface area (Å²) in [6.07, 6.45) is 8.34. The Bertz CT molecular complexity index is 531. The number of hydrogen-bond donors (Lipinski definition) is 1. The summed E-state index contributed by atoms with van der Waals surface area (Å²) >= 11 is 0. The number of rotatable bonds is 9. The van der Waals surface area contributed by atoms with Gasteiger partial charge in [-0.25, -0.2) is 0 Å². The maximum Gasteiger partial charge on any atom is 0.0964 e. The highest BCUT2D eigenvalue weighted by Gasteiger charge is 2.20. The Morgan fingerprint density at radius 1 is 1.14 bits per heavy atom. The first-order chi connectivity index (χ1) is 10.4. The maximum absolute atomic E-state index is 4.22. The lowest BCUT2D eigenvalue weighted by Crippen LogP contribution is -2.16. The zero-order valence-corrected chi connectivity index (χ0v) is 12.5. The van der Waals surface area contributed by atoms with Gasteiger partial charge in [0.15, 0.2) is 0 Å². The van der Waals surface area contributed by atoms with E-state index in [0.29, 0.717) is 0 Å². The summed E-state index contributed by atoms with van der Waals surface area (Å²) in [6.45, 7) is 2.94. The van der Waals surface area contributed by atoms with Gasteiger partial charge in [-0.3, -0.25) is 4.68 Å². The average molecular weight is 284 g/mol. The van der Waals surface area contributed by atoms with Crippen molar-refractivity contribution in [3.05, 3.63) is 47.8 Å². The minimum absolute atomic E-state index is 0.848. The highest BCUT2D eigenvalue weighted by molar-refractivity contribution is 5.14. The molecule has 1 aliphatic rings. The van der Waals surface area contributed by atoms with Gasteiger partial charge in [-0.2, -0.15) is 0 Å². The van der Waals surface area contributed by atoms with Crippen LogP contribution in [0.2, 0.25) is 0 Å². The van der Waals surface area contributed by atoms with Gasteiger partial charge in [0.25, 0.3) is 0 Å². The Morgan fingerprint density at radius 2 is 2.00 bits per heavy atom. The van der Waals surface area contributed by atoms with Gasteiger partial charge in [-0.15, -0.1) is 5.10 Å². The summed E-state index contributed by atoms with van der Waals surface area (Å²) in [5.74, 6) is 0.915. The number of aryl methyl sites for hydroxylation is 2. The van der Waals surface area contributed by atoms with Crippen molar-refractivity contribution in [2.24, 2.45) is 5.92 Å². The first-order valence-corrected chi connectivity index (χ1v) is 8.04. The van der Waals surface area contributed by atoms with E-state index in [9.17, 15) is 0 Å². The zero-order chi connectivity index (χ0) is 14.3. The van der Waals surface area contributed by atoms with Crippen LogP contribution >= 0.6 is 0 Å². The molecular formula is C17H24N4. The predicted molar refractivity (Wildman–Crippen MR) is 83.8 cm³/mol. The second-order valence-electron chi connectivity index (χ2n) is 5.99. The molecule has 112 valence electrons. The topological polar surface area (TPSA) is 42.7 Å². The van der Waals surface area contributed by atoms with Crippen LogP contribution in [0.4, 0.5) is 0 Å². The lowest BCUT2D eigenvalue weighted by atomic mass is 10.1. The summed E-state index contributed by atoms with van der Waals surface area (Å²) in [7, 11) is 0. The molecule has 4 heteroatoms. The third kappa shape index (κ3) is 4.97. The second-order valence-corrected chi connectivity index (χ2v) is 5.99. The normalized spacial score (nSPS) is 14.5. The van der Waals surface area contributed by atoms with Crippen LogP contribution in [-0.2, 0) is 19.5 Å². The Hall–Kier alpha value is -1.68. The van der Waals surface area contributed by atoms with E-state index in [2.05, 4.69) is 52.2 Å². The van der Waals surface area contributed by atoms with E-state index in [-0.39, 0.29) is 0 Å². The molecule has 0 aliphatic heterocycles. The summed E-state index contributed by atoms with van der Waals surface area (Å²) in [4.78, 5) is 0. The molecule has 1 aliphatic carbocycles. The summed E-state index contributed by atoms with van der Waals surface area (Å²) in [5.41, 5.74) is 2.47. The van der Waals surface area contributed by atoms with Crippen molar-refractivity contribution in [1.29, 1.82) is 0 Å². The van der Waals surface area contributed by atoms with Crippen LogP contribution in [0.3, 0.4) is 0 Å². The van der Waals surface area contributed by atoms with Crippen molar-refractivity contribution in [3.8, 4) is 0 Å². The van der Waals surface area contributed by atoms with Crippen molar-refractivity contribution >= 4 is 0 Å². The summed E-state index contributed by atoms with van der Waals surface area (Å²) < 4.78 is 1.97. The molecule has 1 aromatic heterocycles. The van der Waals surface area contributed by atoms with Gasteiger partial charge in [-0.1, -0.05) is 35.5 Å². The number of nitrogens with zero attached hydrogens (tertiary/aromatic N) is 3. The van der Waals surface area contributed by atoms with Crippen molar-refractivity contribution in [2.75, 3.05) is 6.54 Å². The smallest absolute Gasteiger partial charge is 0.0964 e. The van der Waals surface area contributed by atoms with Gasteiger partial charge >= 0.3 is 0 Å². The molecule has 0 spiro atoms. The van der Waals surface area contributed by atoms with Crippen molar-refractivity contribution in [2.45, 2.75) is 45.2 Å². The number of nitrogens with one attached hydrogen (secondary N) is 1. The van der Waals surface area contributed by atoms with Crippen LogP contribution in [-0.4, -0.2) is 21.5 Å². The second kappa shape index (κ2) is 7.36. The van der Waals surface area contributed by atoms with Gasteiger partial charge in [0.05, 0.1) is 5.69 Å². The lowest BCUT2D eigenvalue weighted by Gasteiger charge is -2.02. The molecule has 0 amide bonds. The molecule has 1 fully saturated rings. The largest absolute Gasteiger partial charge is 0.311 e. The first kappa shape index (κ1) is 14.3. The van der Waals surface area contributed by atoms with Gasteiger partial charge in [0.1, 0.15) is 0 Å². The van der Waals surface area contributed by atoms with E-state index in [0.717, 1.165) is 44.1 Å².